The Hall–Kier alpha value is 0. The first-order valence-corrected chi connectivity index (χ1v) is 11.0. The van der Waals surface area contributed by atoms with Crippen molar-refractivity contribution in [3.8, 4) is 0 Å². The monoisotopic (exact) mass is 316 g/mol. The molecule has 5 atom stereocenters. The highest BCUT2D eigenvalue weighted by atomic mass is 14.6. The Labute approximate surface area is 145 Å². The van der Waals surface area contributed by atoms with E-state index >= 15 is 0 Å². The van der Waals surface area contributed by atoms with E-state index < -0.39 is 0 Å². The first kappa shape index (κ1) is 16.5. The van der Waals surface area contributed by atoms with Gasteiger partial charge >= 0.3 is 0 Å². The molecule has 4 aliphatic carbocycles. The fourth-order valence-electron chi connectivity index (χ4n) is 8.02. The Morgan fingerprint density at radius 1 is 0.739 bits per heavy atom. The predicted molar refractivity (Wildman–Crippen MR) is 99.4 cm³/mol. The van der Waals surface area contributed by atoms with Crippen molar-refractivity contribution >= 4 is 0 Å². The standard InChI is InChI=1S/C23H40/c1-22(2,18-11-5-4-6-12-18)23(3)15-9-14-20-19-13-8-7-10-17(19)16-21(20)23/h17-21H,4-16H2,1-3H3. The zero-order valence-electron chi connectivity index (χ0n) is 16.1. The molecule has 0 heterocycles. The number of rotatable bonds is 2. The van der Waals surface area contributed by atoms with Gasteiger partial charge in [-0.25, -0.2) is 0 Å². The average molecular weight is 317 g/mol. The second kappa shape index (κ2) is 6.06. The normalized spacial score (nSPS) is 45.5. The molecule has 0 aliphatic heterocycles. The van der Waals surface area contributed by atoms with Gasteiger partial charge < -0.3 is 0 Å². The number of hydrogen-bond acceptors (Lipinski definition) is 0. The average Bonchev–Trinajstić information content (AvgIpc) is 2.96. The molecular formula is C23H40. The van der Waals surface area contributed by atoms with Crippen LogP contribution in [0.15, 0.2) is 0 Å². The molecule has 0 bridgehead atoms. The molecule has 0 aromatic carbocycles. The lowest BCUT2D eigenvalue weighted by molar-refractivity contribution is -0.0832. The molecule has 23 heavy (non-hydrogen) atoms. The van der Waals surface area contributed by atoms with Crippen molar-refractivity contribution in [1.29, 1.82) is 0 Å². The number of fused-ring (bicyclic) bond motifs is 3. The molecular weight excluding hydrogens is 276 g/mol. The molecule has 0 N–H and O–H groups in total. The zero-order chi connectivity index (χ0) is 16.1. The van der Waals surface area contributed by atoms with Crippen LogP contribution in [-0.4, -0.2) is 0 Å². The van der Waals surface area contributed by atoms with Crippen molar-refractivity contribution in [2.45, 2.75) is 104 Å². The molecule has 0 heteroatoms. The van der Waals surface area contributed by atoms with Crippen molar-refractivity contribution in [2.75, 3.05) is 0 Å². The molecule has 0 amide bonds. The van der Waals surface area contributed by atoms with Crippen LogP contribution in [0.5, 0.6) is 0 Å². The quantitative estimate of drug-likeness (QED) is 0.504. The van der Waals surface area contributed by atoms with Crippen LogP contribution in [0, 0.1) is 40.4 Å². The molecule has 0 aromatic heterocycles. The molecule has 5 unspecified atom stereocenters. The first-order chi connectivity index (χ1) is 11.0. The summed E-state index contributed by atoms with van der Waals surface area (Å²) < 4.78 is 0. The first-order valence-electron chi connectivity index (χ1n) is 11.0. The van der Waals surface area contributed by atoms with Crippen LogP contribution in [0.4, 0.5) is 0 Å². The fourth-order valence-corrected chi connectivity index (χ4v) is 8.02. The van der Waals surface area contributed by atoms with Gasteiger partial charge in [-0.05, 0) is 78.9 Å². The summed E-state index contributed by atoms with van der Waals surface area (Å²) in [5.74, 6) is 5.39. The molecule has 0 saturated heterocycles. The Morgan fingerprint density at radius 3 is 2.17 bits per heavy atom. The third kappa shape index (κ3) is 2.53. The van der Waals surface area contributed by atoms with Crippen molar-refractivity contribution in [3.63, 3.8) is 0 Å². The summed E-state index contributed by atoms with van der Waals surface area (Å²) in [5, 5.41) is 0. The highest BCUT2D eigenvalue weighted by Crippen LogP contribution is 2.66. The third-order valence-electron chi connectivity index (χ3n) is 9.74. The Bertz CT molecular complexity index is 416. The minimum absolute atomic E-state index is 0.560. The van der Waals surface area contributed by atoms with Crippen LogP contribution >= 0.6 is 0 Å². The third-order valence-corrected chi connectivity index (χ3v) is 9.74. The van der Waals surface area contributed by atoms with Crippen molar-refractivity contribution in [3.05, 3.63) is 0 Å². The van der Waals surface area contributed by atoms with Gasteiger partial charge in [0.1, 0.15) is 0 Å². The lowest BCUT2D eigenvalue weighted by atomic mass is 9.47. The maximum absolute atomic E-state index is 2.75. The second-order valence-electron chi connectivity index (χ2n) is 10.6. The summed E-state index contributed by atoms with van der Waals surface area (Å²) >= 11 is 0. The predicted octanol–water partition coefficient (Wildman–Crippen LogP) is 7.23. The van der Waals surface area contributed by atoms with Crippen LogP contribution in [0.2, 0.25) is 0 Å². The minimum Gasteiger partial charge on any atom is -0.0591 e. The van der Waals surface area contributed by atoms with E-state index in [-0.39, 0.29) is 0 Å². The molecule has 4 saturated carbocycles. The van der Waals surface area contributed by atoms with Gasteiger partial charge in [-0.15, -0.1) is 0 Å². The van der Waals surface area contributed by atoms with Gasteiger partial charge in [-0.2, -0.15) is 0 Å². The fraction of sp³-hybridized carbons (Fsp3) is 1.00. The molecule has 4 rings (SSSR count). The Morgan fingerprint density at radius 2 is 1.39 bits per heavy atom. The minimum atomic E-state index is 0.560. The van der Waals surface area contributed by atoms with Crippen molar-refractivity contribution in [2.24, 2.45) is 40.4 Å². The smallest absolute Gasteiger partial charge is 0.0241 e. The molecule has 0 nitrogen and oxygen atoms in total. The largest absolute Gasteiger partial charge is 0.0591 e. The van der Waals surface area contributed by atoms with Crippen LogP contribution < -0.4 is 0 Å². The topological polar surface area (TPSA) is 0 Å². The van der Waals surface area contributed by atoms with Gasteiger partial charge in [-0.3, -0.25) is 0 Å². The van der Waals surface area contributed by atoms with Gasteiger partial charge in [0.25, 0.3) is 0 Å². The van der Waals surface area contributed by atoms with E-state index in [0.29, 0.717) is 10.8 Å². The van der Waals surface area contributed by atoms with Crippen molar-refractivity contribution < 1.29 is 0 Å². The molecule has 132 valence electrons. The molecule has 0 radical (unpaired) electrons. The zero-order valence-corrected chi connectivity index (χ0v) is 16.1. The SMILES string of the molecule is CC(C)(C1CCCCC1)C1(C)CCCC2C3CCCCC3CC21. The summed E-state index contributed by atoms with van der Waals surface area (Å²) in [6.07, 6.45) is 20.0. The molecule has 4 fully saturated rings. The van der Waals surface area contributed by atoms with Gasteiger partial charge in [0.15, 0.2) is 0 Å². The second-order valence-corrected chi connectivity index (χ2v) is 10.6. The molecule has 0 spiro atoms. The van der Waals surface area contributed by atoms with Crippen LogP contribution in [0.3, 0.4) is 0 Å². The van der Waals surface area contributed by atoms with Gasteiger partial charge in [0.2, 0.25) is 0 Å². The van der Waals surface area contributed by atoms with Crippen LogP contribution in [-0.2, 0) is 0 Å². The summed E-state index contributed by atoms with van der Waals surface area (Å²) in [6.45, 7) is 8.12. The molecule has 0 aromatic rings. The summed E-state index contributed by atoms with van der Waals surface area (Å²) in [6, 6.07) is 0. The van der Waals surface area contributed by atoms with Crippen LogP contribution in [0.1, 0.15) is 104 Å². The van der Waals surface area contributed by atoms with Crippen molar-refractivity contribution in [1.82, 2.24) is 0 Å². The van der Waals surface area contributed by atoms with E-state index in [1.165, 1.54) is 57.8 Å². The maximum atomic E-state index is 2.75. The Balaban J connectivity index is 1.60. The lowest BCUT2D eigenvalue weighted by Gasteiger charge is -2.57. The van der Waals surface area contributed by atoms with E-state index in [0.717, 1.165) is 29.6 Å². The highest BCUT2D eigenvalue weighted by molar-refractivity contribution is 5.07. The van der Waals surface area contributed by atoms with E-state index in [4.69, 9.17) is 0 Å². The van der Waals surface area contributed by atoms with E-state index in [2.05, 4.69) is 20.8 Å². The summed E-state index contributed by atoms with van der Waals surface area (Å²) in [4.78, 5) is 0. The Kier molecular flexibility index (Phi) is 4.34. The van der Waals surface area contributed by atoms with E-state index in [1.54, 1.807) is 25.7 Å². The number of hydrogen-bond donors (Lipinski definition) is 0. The van der Waals surface area contributed by atoms with E-state index in [9.17, 15) is 0 Å². The summed E-state index contributed by atoms with van der Waals surface area (Å²) in [7, 11) is 0. The van der Waals surface area contributed by atoms with Crippen LogP contribution in [0.25, 0.3) is 0 Å². The van der Waals surface area contributed by atoms with Gasteiger partial charge in [-0.1, -0.05) is 65.7 Å². The van der Waals surface area contributed by atoms with Gasteiger partial charge in [0.05, 0.1) is 0 Å². The maximum Gasteiger partial charge on any atom is -0.0241 e. The highest BCUT2D eigenvalue weighted by Gasteiger charge is 2.58. The lowest BCUT2D eigenvalue weighted by Crippen LogP contribution is -2.50. The molecule has 4 aliphatic rings. The van der Waals surface area contributed by atoms with Gasteiger partial charge in [0, 0.05) is 0 Å². The van der Waals surface area contributed by atoms with E-state index in [1.807, 2.05) is 0 Å². The summed E-state index contributed by atoms with van der Waals surface area (Å²) in [5.41, 5.74) is 1.18.